The number of fused-ring (bicyclic) bond motifs is 1. The van der Waals surface area contributed by atoms with Gasteiger partial charge >= 0.3 is 0 Å². The summed E-state index contributed by atoms with van der Waals surface area (Å²) in [6.45, 7) is 6.88. The van der Waals surface area contributed by atoms with Crippen molar-refractivity contribution in [3.63, 3.8) is 0 Å². The Morgan fingerprint density at radius 1 is 1.17 bits per heavy atom. The number of ketones is 1. The number of carbonyl (C=O) groups is 1. The molecule has 2 aromatic carbocycles. The maximum Gasteiger partial charge on any atom is 0.155 e. The van der Waals surface area contributed by atoms with Gasteiger partial charge in [0.25, 0.3) is 0 Å². The Morgan fingerprint density at radius 2 is 1.86 bits per heavy atom. The molecule has 0 bridgehead atoms. The van der Waals surface area contributed by atoms with E-state index < -0.39 is 0 Å². The largest absolute Gasteiger partial charge is 0.512 e. The Labute approximate surface area is 183 Å². The average molecular weight is 573 g/mol. The fourth-order valence-corrected chi connectivity index (χ4v) is 2.79. The fourth-order valence-electron chi connectivity index (χ4n) is 2.79. The molecule has 0 aliphatic rings. The molecule has 3 rings (SSSR count). The average Bonchev–Trinajstić information content (AvgIpc) is 2.59. The van der Waals surface area contributed by atoms with Gasteiger partial charge < -0.3 is 9.84 Å². The molecule has 1 radical (unpaired) electrons. The molecule has 0 fully saturated rings. The maximum atomic E-state index is 13.3. The number of rotatable bonds is 3. The summed E-state index contributed by atoms with van der Waals surface area (Å²) in [6, 6.07) is 13.7. The number of nitrogens with zero attached hydrogens (tertiary/aromatic N) is 1. The molecule has 0 saturated carbocycles. The maximum absolute atomic E-state index is 13.3. The van der Waals surface area contributed by atoms with Crippen LogP contribution in [0.2, 0.25) is 0 Å². The number of aliphatic hydroxyl groups excluding tert-OH is 1. The quantitative estimate of drug-likeness (QED) is 0.256. The third-order valence-electron chi connectivity index (χ3n) is 3.78. The van der Waals surface area contributed by atoms with E-state index in [0.29, 0.717) is 5.75 Å². The third kappa shape index (κ3) is 7.08. The van der Waals surface area contributed by atoms with Crippen LogP contribution in [0.1, 0.15) is 25.0 Å². The van der Waals surface area contributed by atoms with Gasteiger partial charge in [-0.3, -0.25) is 9.78 Å². The van der Waals surface area contributed by atoms with E-state index >= 15 is 0 Å². The molecule has 4 nitrogen and oxygen atoms in total. The van der Waals surface area contributed by atoms with E-state index in [9.17, 15) is 9.18 Å². The molecule has 0 atom stereocenters. The van der Waals surface area contributed by atoms with Crippen molar-refractivity contribution in [2.45, 2.75) is 27.7 Å². The van der Waals surface area contributed by atoms with Crippen LogP contribution in [0.4, 0.5) is 4.39 Å². The van der Waals surface area contributed by atoms with Gasteiger partial charge in [0.05, 0.1) is 18.4 Å². The fraction of sp³-hybridized carbons (Fsp3) is 0.217. The standard InChI is InChI=1S/C18H15FNO.C5H8O2.Ir/c1-11-6-12(2)8-14(7-11)18-17(21-3)10-13-9-15(19)4-5-16(13)20-18;1-4(6)3-5(2)7;/h4-7,9-10H,1-3H3;3,6H,1-2H3;/q-1;;/b;4-3-;. The SMILES string of the molecule is CC(=O)/C=C(/C)O.COc1cc2cc(F)ccc2nc1-c1[c-]c(C)cc(C)c1.[Ir]. The second kappa shape index (κ2) is 10.8. The van der Waals surface area contributed by atoms with Crippen molar-refractivity contribution in [2.75, 3.05) is 7.11 Å². The molecule has 1 N–H and O–H groups in total. The van der Waals surface area contributed by atoms with Crippen molar-refractivity contribution in [3.05, 3.63) is 71.2 Å². The summed E-state index contributed by atoms with van der Waals surface area (Å²) in [5.41, 5.74) is 4.54. The van der Waals surface area contributed by atoms with Gasteiger partial charge in [0.15, 0.2) is 5.78 Å². The number of aryl methyl sites for hydroxylation is 2. The minimum absolute atomic E-state index is 0. The first-order chi connectivity index (χ1) is 13.2. The Kier molecular flexibility index (Phi) is 9.15. The molecule has 0 aliphatic carbocycles. The number of carbonyl (C=O) groups excluding carboxylic acids is 1. The van der Waals surface area contributed by atoms with Crippen molar-refractivity contribution in [1.82, 2.24) is 4.98 Å². The zero-order valence-corrected chi connectivity index (χ0v) is 19.4. The van der Waals surface area contributed by atoms with Gasteiger partial charge in [-0.25, -0.2) is 4.39 Å². The molecule has 1 aromatic heterocycles. The zero-order valence-electron chi connectivity index (χ0n) is 17.0. The van der Waals surface area contributed by atoms with Crippen molar-refractivity contribution in [2.24, 2.45) is 0 Å². The number of ether oxygens (including phenoxy) is 1. The normalized spacial score (nSPS) is 10.6. The van der Waals surface area contributed by atoms with Crippen LogP contribution in [0.5, 0.6) is 5.75 Å². The molecule has 1 heterocycles. The van der Waals surface area contributed by atoms with Crippen LogP contribution in [0.3, 0.4) is 0 Å². The predicted octanol–water partition coefficient (Wildman–Crippen LogP) is 5.50. The van der Waals surface area contributed by atoms with Crippen LogP contribution in [0, 0.1) is 25.7 Å². The summed E-state index contributed by atoms with van der Waals surface area (Å²) in [6.07, 6.45) is 1.17. The van der Waals surface area contributed by atoms with E-state index in [0.717, 1.165) is 33.3 Å². The Balaban J connectivity index is 0.000000456. The first-order valence-electron chi connectivity index (χ1n) is 8.72. The van der Waals surface area contributed by atoms with E-state index in [1.54, 1.807) is 13.2 Å². The van der Waals surface area contributed by atoms with Gasteiger partial charge in [-0.05, 0) is 38.1 Å². The van der Waals surface area contributed by atoms with Gasteiger partial charge in [-0.2, -0.15) is 0 Å². The molecule has 0 aliphatic heterocycles. The first kappa shape index (κ1) is 24.5. The number of pyridine rings is 1. The molecule has 0 amide bonds. The van der Waals surface area contributed by atoms with E-state index in [-0.39, 0.29) is 37.5 Å². The van der Waals surface area contributed by atoms with Crippen LogP contribution in [0.15, 0.2) is 48.2 Å². The minimum Gasteiger partial charge on any atom is -0.512 e. The van der Waals surface area contributed by atoms with Crippen molar-refractivity contribution < 1.29 is 39.1 Å². The Morgan fingerprint density at radius 3 is 2.38 bits per heavy atom. The second-order valence-corrected chi connectivity index (χ2v) is 6.53. The topological polar surface area (TPSA) is 59.4 Å². The number of aromatic nitrogens is 1. The van der Waals surface area contributed by atoms with Gasteiger partial charge in [0.2, 0.25) is 0 Å². The minimum atomic E-state index is -0.280. The smallest absolute Gasteiger partial charge is 0.155 e. The molecule has 29 heavy (non-hydrogen) atoms. The molecule has 0 saturated heterocycles. The number of halogens is 1. The number of allylic oxidation sites excluding steroid dienone is 2. The van der Waals surface area contributed by atoms with Crippen LogP contribution in [0.25, 0.3) is 22.2 Å². The molecule has 6 heteroatoms. The third-order valence-corrected chi connectivity index (χ3v) is 3.78. The number of hydrogen-bond donors (Lipinski definition) is 1. The van der Waals surface area contributed by atoms with Gasteiger partial charge in [-0.15, -0.1) is 34.9 Å². The summed E-state index contributed by atoms with van der Waals surface area (Å²) in [4.78, 5) is 14.6. The van der Waals surface area contributed by atoms with Crippen LogP contribution in [-0.4, -0.2) is 23.0 Å². The van der Waals surface area contributed by atoms with Crippen LogP contribution < -0.4 is 4.74 Å². The Bertz CT molecular complexity index is 1020. The summed E-state index contributed by atoms with van der Waals surface area (Å²) >= 11 is 0. The molecule has 0 spiro atoms. The zero-order chi connectivity index (χ0) is 20.8. The predicted molar refractivity (Wildman–Crippen MR) is 109 cm³/mol. The molecular weight excluding hydrogens is 549 g/mol. The van der Waals surface area contributed by atoms with Crippen LogP contribution in [-0.2, 0) is 24.9 Å². The van der Waals surface area contributed by atoms with Crippen molar-refractivity contribution >= 4 is 16.7 Å². The van der Waals surface area contributed by atoms with Crippen molar-refractivity contribution in [3.8, 4) is 17.0 Å². The number of hydrogen-bond acceptors (Lipinski definition) is 4. The number of benzene rings is 2. The summed E-state index contributed by atoms with van der Waals surface area (Å²) in [7, 11) is 1.59. The van der Waals surface area contributed by atoms with Crippen molar-refractivity contribution in [1.29, 1.82) is 0 Å². The summed E-state index contributed by atoms with van der Waals surface area (Å²) < 4.78 is 18.7. The summed E-state index contributed by atoms with van der Waals surface area (Å²) in [5, 5.41) is 9.09. The molecular formula is C23H23FIrNO3-. The van der Waals surface area contributed by atoms with Gasteiger partial charge in [-0.1, -0.05) is 13.8 Å². The van der Waals surface area contributed by atoms with E-state index in [2.05, 4.69) is 17.1 Å². The van der Waals surface area contributed by atoms with E-state index in [4.69, 9.17) is 9.84 Å². The molecule has 0 unspecified atom stereocenters. The van der Waals surface area contributed by atoms with E-state index in [1.165, 1.54) is 32.1 Å². The number of aliphatic hydroxyl groups is 1. The Hall–Kier alpha value is -2.56. The second-order valence-electron chi connectivity index (χ2n) is 6.53. The van der Waals surface area contributed by atoms with Gasteiger partial charge in [0.1, 0.15) is 11.6 Å². The molecule has 155 valence electrons. The van der Waals surface area contributed by atoms with Gasteiger partial charge in [0, 0.05) is 37.3 Å². The molecule has 3 aromatic rings. The monoisotopic (exact) mass is 573 g/mol. The van der Waals surface area contributed by atoms with E-state index in [1.807, 2.05) is 26.0 Å². The summed E-state index contributed by atoms with van der Waals surface area (Å²) in [5.74, 6) is 0.277. The van der Waals surface area contributed by atoms with Crippen LogP contribution >= 0.6 is 0 Å². The number of methoxy groups -OCH3 is 1. The first-order valence-corrected chi connectivity index (χ1v) is 8.72.